The fourth-order valence-corrected chi connectivity index (χ4v) is 6.23. The van der Waals surface area contributed by atoms with E-state index in [0.29, 0.717) is 0 Å². The molecule has 1 aromatic carbocycles. The molecule has 8 heteroatoms. The number of benzene rings is 1. The number of ether oxygens (including phenoxy) is 1. The summed E-state index contributed by atoms with van der Waals surface area (Å²) in [5.74, 6) is -1.63. The number of unbranched alkanes of at least 4 members (excludes halogenated alkanes) is 9. The van der Waals surface area contributed by atoms with E-state index >= 15 is 0 Å². The van der Waals surface area contributed by atoms with Gasteiger partial charge >= 0.3 is 11.9 Å². The van der Waals surface area contributed by atoms with Crippen LogP contribution in [0.3, 0.4) is 0 Å². The Balaban J connectivity index is 1.83. The first-order valence-electron chi connectivity index (χ1n) is 13.5. The van der Waals surface area contributed by atoms with Crippen molar-refractivity contribution in [2.75, 3.05) is 6.54 Å². The average molecular weight is 524 g/mol. The molecule has 0 saturated carbocycles. The summed E-state index contributed by atoms with van der Waals surface area (Å²) in [6, 6.07) is 5.27. The van der Waals surface area contributed by atoms with Gasteiger partial charge in [-0.05, 0) is 29.5 Å². The lowest BCUT2D eigenvalue weighted by Gasteiger charge is -2.22. The Hall–Kier alpha value is -1.93. The molecule has 1 fully saturated rings. The fraction of sp³-hybridized carbons (Fsp3) is 0.714. The van der Waals surface area contributed by atoms with Crippen LogP contribution in [0.5, 0.6) is 0 Å². The number of rotatable bonds is 15. The summed E-state index contributed by atoms with van der Waals surface area (Å²) in [6.07, 6.45) is 11.1. The lowest BCUT2D eigenvalue weighted by Crippen LogP contribution is -2.40. The quantitative estimate of drug-likeness (QED) is 0.222. The summed E-state index contributed by atoms with van der Waals surface area (Å²) < 4.78 is 32.9. The Morgan fingerprint density at radius 1 is 0.944 bits per heavy atom. The topological polar surface area (TPSA) is 101 Å². The summed E-state index contributed by atoms with van der Waals surface area (Å²) in [5, 5.41) is 9.65. The maximum absolute atomic E-state index is 13.2. The first-order valence-corrected chi connectivity index (χ1v) is 15.0. The van der Waals surface area contributed by atoms with Crippen LogP contribution in [0.2, 0.25) is 0 Å². The molecule has 2 atom stereocenters. The lowest BCUT2D eigenvalue weighted by molar-refractivity contribution is -0.149. The predicted octanol–water partition coefficient (Wildman–Crippen LogP) is 6.05. The molecule has 2 rings (SSSR count). The van der Waals surface area contributed by atoms with E-state index in [1.54, 1.807) is 12.1 Å². The van der Waals surface area contributed by atoms with E-state index in [1.807, 2.05) is 20.8 Å². The van der Waals surface area contributed by atoms with E-state index in [9.17, 15) is 23.1 Å². The van der Waals surface area contributed by atoms with Crippen LogP contribution in [-0.2, 0) is 29.8 Å². The molecule has 36 heavy (non-hydrogen) atoms. The molecule has 0 aliphatic carbocycles. The first-order chi connectivity index (χ1) is 17.0. The molecule has 1 aliphatic heterocycles. The van der Waals surface area contributed by atoms with Gasteiger partial charge in [-0.15, -0.1) is 0 Å². The molecule has 0 unspecified atom stereocenters. The van der Waals surface area contributed by atoms with Crippen molar-refractivity contribution in [3.63, 3.8) is 0 Å². The van der Waals surface area contributed by atoms with Crippen molar-refractivity contribution in [3.05, 3.63) is 29.8 Å². The van der Waals surface area contributed by atoms with Crippen LogP contribution < -0.4 is 0 Å². The van der Waals surface area contributed by atoms with E-state index in [1.165, 1.54) is 57.1 Å². The maximum Gasteiger partial charge on any atom is 0.322 e. The number of hydrogen-bond acceptors (Lipinski definition) is 5. The van der Waals surface area contributed by atoms with Gasteiger partial charge < -0.3 is 9.84 Å². The number of esters is 1. The number of nitrogens with zero attached hydrogens (tertiary/aromatic N) is 1. The van der Waals surface area contributed by atoms with E-state index in [2.05, 4.69) is 6.92 Å². The van der Waals surface area contributed by atoms with E-state index in [0.717, 1.165) is 29.1 Å². The predicted molar refractivity (Wildman–Crippen MR) is 141 cm³/mol. The number of carbonyl (C=O) groups is 2. The molecule has 0 amide bonds. The van der Waals surface area contributed by atoms with Gasteiger partial charge in [-0.25, -0.2) is 8.42 Å². The van der Waals surface area contributed by atoms with Crippen LogP contribution in [0.15, 0.2) is 29.2 Å². The van der Waals surface area contributed by atoms with Crippen molar-refractivity contribution in [3.8, 4) is 0 Å². The van der Waals surface area contributed by atoms with Gasteiger partial charge in [0.25, 0.3) is 0 Å². The van der Waals surface area contributed by atoms with E-state index in [4.69, 9.17) is 4.74 Å². The van der Waals surface area contributed by atoms with Crippen molar-refractivity contribution in [2.24, 2.45) is 0 Å². The van der Waals surface area contributed by atoms with Crippen molar-refractivity contribution in [1.29, 1.82) is 0 Å². The highest BCUT2D eigenvalue weighted by atomic mass is 32.2. The molecule has 0 bridgehead atoms. The third kappa shape index (κ3) is 9.18. The minimum Gasteiger partial charge on any atom is -0.480 e. The maximum atomic E-state index is 13.2. The second-order valence-corrected chi connectivity index (χ2v) is 12.9. The van der Waals surface area contributed by atoms with E-state index < -0.39 is 34.1 Å². The number of sulfonamides is 1. The highest BCUT2D eigenvalue weighted by molar-refractivity contribution is 7.89. The summed E-state index contributed by atoms with van der Waals surface area (Å²) in [5.41, 5.74) is 0.851. The largest absolute Gasteiger partial charge is 0.480 e. The Morgan fingerprint density at radius 2 is 1.47 bits per heavy atom. The van der Waals surface area contributed by atoms with Crippen molar-refractivity contribution in [1.82, 2.24) is 4.31 Å². The third-order valence-electron chi connectivity index (χ3n) is 6.86. The molecule has 0 spiro atoms. The normalized spacial score (nSPS) is 18.9. The number of aliphatic carboxylic acids is 1. The van der Waals surface area contributed by atoms with Crippen LogP contribution >= 0.6 is 0 Å². The second kappa shape index (κ2) is 14.1. The Kier molecular flexibility index (Phi) is 11.9. The monoisotopic (exact) mass is 523 g/mol. The smallest absolute Gasteiger partial charge is 0.322 e. The SMILES string of the molecule is CCCCCCCCCCCCC(=O)O[C@@H]1C[C@H](C(=O)O)N(S(=O)(=O)c2ccc(C(C)(C)C)cc2)C1. The van der Waals surface area contributed by atoms with Gasteiger partial charge in [0.05, 0.1) is 11.4 Å². The molecule has 7 nitrogen and oxygen atoms in total. The summed E-state index contributed by atoms with van der Waals surface area (Å²) in [6.45, 7) is 8.17. The van der Waals surface area contributed by atoms with Crippen LogP contribution in [0.25, 0.3) is 0 Å². The summed E-state index contributed by atoms with van der Waals surface area (Å²) in [4.78, 5) is 24.2. The second-order valence-electron chi connectivity index (χ2n) is 11.0. The molecule has 1 aromatic rings. The zero-order valence-corrected chi connectivity index (χ0v) is 23.3. The molecule has 204 valence electrons. The van der Waals surface area contributed by atoms with Crippen molar-refractivity contribution >= 4 is 22.0 Å². The lowest BCUT2D eigenvalue weighted by atomic mass is 9.87. The van der Waals surface area contributed by atoms with Crippen molar-refractivity contribution in [2.45, 2.75) is 127 Å². The Morgan fingerprint density at radius 3 is 1.97 bits per heavy atom. The van der Waals surface area contributed by atoms with Crippen LogP contribution in [0.1, 0.15) is 110 Å². The standard InChI is InChI=1S/C28H45NO6S/c1-5-6-7-8-9-10-11-12-13-14-15-26(30)35-23-20-25(27(31)32)29(21-23)36(33,34)24-18-16-22(17-19-24)28(2,3)4/h16-19,23,25H,5-15,20-21H2,1-4H3,(H,31,32)/t23-,25-/m1/s1. The molecule has 1 N–H and O–H groups in total. The Bertz CT molecular complexity index is 936. The van der Waals surface area contributed by atoms with Crippen molar-refractivity contribution < 1.29 is 27.9 Å². The van der Waals surface area contributed by atoms with Crippen LogP contribution in [-0.4, -0.2) is 48.5 Å². The first kappa shape index (κ1) is 30.3. The molecule has 0 aromatic heterocycles. The molecule has 0 radical (unpaired) electrons. The molecular formula is C28H45NO6S. The minimum atomic E-state index is -4.04. The molecule has 1 saturated heterocycles. The number of hydrogen-bond donors (Lipinski definition) is 1. The molecule has 1 heterocycles. The third-order valence-corrected chi connectivity index (χ3v) is 8.75. The van der Waals surface area contributed by atoms with Gasteiger partial charge in [0.15, 0.2) is 0 Å². The summed E-state index contributed by atoms with van der Waals surface area (Å²) in [7, 11) is -4.04. The van der Waals surface area contributed by atoms with Gasteiger partial charge in [-0.2, -0.15) is 4.31 Å². The molecular weight excluding hydrogens is 478 g/mol. The Labute approximate surface area is 217 Å². The van der Waals surface area contributed by atoms with Crippen LogP contribution in [0, 0.1) is 0 Å². The zero-order valence-electron chi connectivity index (χ0n) is 22.5. The van der Waals surface area contributed by atoms with Gasteiger partial charge in [0, 0.05) is 12.8 Å². The number of carboxylic acids is 1. The average Bonchev–Trinajstić information content (AvgIpc) is 3.25. The fourth-order valence-electron chi connectivity index (χ4n) is 4.61. The zero-order chi connectivity index (χ0) is 26.8. The highest BCUT2D eigenvalue weighted by Crippen LogP contribution is 2.30. The van der Waals surface area contributed by atoms with Crippen LogP contribution in [0.4, 0.5) is 0 Å². The minimum absolute atomic E-state index is 0.0408. The van der Waals surface area contributed by atoms with Gasteiger partial charge in [-0.1, -0.05) is 97.6 Å². The number of carboxylic acid groups (broad SMARTS) is 1. The van der Waals surface area contributed by atoms with E-state index in [-0.39, 0.29) is 29.7 Å². The summed E-state index contributed by atoms with van der Waals surface area (Å²) >= 11 is 0. The van der Waals surface area contributed by atoms with Gasteiger partial charge in [0.1, 0.15) is 12.1 Å². The van der Waals surface area contributed by atoms with Gasteiger partial charge in [0.2, 0.25) is 10.0 Å². The van der Waals surface area contributed by atoms with Gasteiger partial charge in [-0.3, -0.25) is 9.59 Å². The molecule has 1 aliphatic rings. The number of carbonyl (C=O) groups excluding carboxylic acids is 1. The highest BCUT2D eigenvalue weighted by Gasteiger charge is 2.45.